The molecular formula is C15H23ClN2O2. The van der Waals surface area contributed by atoms with Crippen molar-refractivity contribution in [3.63, 3.8) is 0 Å². The van der Waals surface area contributed by atoms with Crippen molar-refractivity contribution in [1.82, 2.24) is 10.2 Å². The lowest BCUT2D eigenvalue weighted by Gasteiger charge is -2.15. The van der Waals surface area contributed by atoms with E-state index in [4.69, 9.17) is 16.3 Å². The second-order valence-electron chi connectivity index (χ2n) is 5.14. The molecule has 0 fully saturated rings. The number of hydrogen-bond acceptors (Lipinski definition) is 3. The largest absolute Gasteiger partial charge is 0.496 e. The number of rotatable bonds is 6. The number of amides is 1. The summed E-state index contributed by atoms with van der Waals surface area (Å²) in [6.45, 7) is 5.29. The molecule has 0 aliphatic carbocycles. The van der Waals surface area contributed by atoms with Crippen LogP contribution in [0.25, 0.3) is 0 Å². The number of benzene rings is 1. The third kappa shape index (κ3) is 4.39. The molecule has 0 atom stereocenters. The van der Waals surface area contributed by atoms with Crippen LogP contribution in [0.1, 0.15) is 16.7 Å². The van der Waals surface area contributed by atoms with Crippen LogP contribution in [-0.4, -0.2) is 45.1 Å². The number of carbonyl (C=O) groups excluding carboxylic acids is 1. The summed E-state index contributed by atoms with van der Waals surface area (Å²) in [6.07, 6.45) is 0.280. The number of carbonyl (C=O) groups is 1. The van der Waals surface area contributed by atoms with Gasteiger partial charge in [-0.05, 0) is 45.1 Å². The second-order valence-corrected chi connectivity index (χ2v) is 5.52. The van der Waals surface area contributed by atoms with Crippen molar-refractivity contribution in [1.29, 1.82) is 0 Å². The van der Waals surface area contributed by atoms with Crippen molar-refractivity contribution in [2.75, 3.05) is 34.3 Å². The Balaban J connectivity index is 2.81. The molecular weight excluding hydrogens is 276 g/mol. The quantitative estimate of drug-likeness (QED) is 0.875. The van der Waals surface area contributed by atoms with Crippen LogP contribution in [0.4, 0.5) is 0 Å². The Morgan fingerprint density at radius 2 is 2.05 bits per heavy atom. The lowest BCUT2D eigenvalue weighted by Crippen LogP contribution is -2.32. The zero-order valence-electron chi connectivity index (χ0n) is 12.8. The van der Waals surface area contributed by atoms with Crippen molar-refractivity contribution in [2.24, 2.45) is 0 Å². The predicted molar refractivity (Wildman–Crippen MR) is 82.7 cm³/mol. The number of halogens is 1. The minimum absolute atomic E-state index is 0.0202. The predicted octanol–water partition coefficient (Wildman–Crippen LogP) is 2.19. The van der Waals surface area contributed by atoms with Crippen LogP contribution in [0.15, 0.2) is 6.07 Å². The van der Waals surface area contributed by atoms with Crippen LogP contribution in [0, 0.1) is 13.8 Å². The highest BCUT2D eigenvalue weighted by Crippen LogP contribution is 2.31. The van der Waals surface area contributed by atoms with E-state index < -0.39 is 0 Å². The number of methoxy groups -OCH3 is 1. The summed E-state index contributed by atoms with van der Waals surface area (Å²) in [7, 11) is 5.55. The van der Waals surface area contributed by atoms with Gasteiger partial charge in [0.1, 0.15) is 5.75 Å². The minimum Gasteiger partial charge on any atom is -0.496 e. The Hall–Kier alpha value is -1.26. The van der Waals surface area contributed by atoms with Crippen molar-refractivity contribution >= 4 is 17.5 Å². The van der Waals surface area contributed by atoms with Gasteiger partial charge in [-0.1, -0.05) is 11.6 Å². The molecule has 0 aliphatic heterocycles. The molecule has 20 heavy (non-hydrogen) atoms. The van der Waals surface area contributed by atoms with E-state index in [1.165, 1.54) is 0 Å². The van der Waals surface area contributed by atoms with Gasteiger partial charge in [0.15, 0.2) is 0 Å². The number of likely N-dealkylation sites (N-methyl/N-ethyl adjacent to an activating group) is 1. The summed E-state index contributed by atoms with van der Waals surface area (Å²) in [6, 6.07) is 1.87. The molecule has 0 saturated heterocycles. The fourth-order valence-corrected chi connectivity index (χ4v) is 2.17. The topological polar surface area (TPSA) is 41.6 Å². The highest BCUT2D eigenvalue weighted by atomic mass is 35.5. The van der Waals surface area contributed by atoms with E-state index >= 15 is 0 Å². The SMILES string of the molecule is COc1cc(C)c(Cl)c(C)c1CC(=O)NCCN(C)C. The van der Waals surface area contributed by atoms with Gasteiger partial charge in [-0.25, -0.2) is 0 Å². The maximum Gasteiger partial charge on any atom is 0.224 e. The highest BCUT2D eigenvalue weighted by molar-refractivity contribution is 6.32. The standard InChI is InChI=1S/C15H23ClN2O2/c1-10-8-13(20-5)12(11(2)15(10)16)9-14(19)17-6-7-18(3)4/h8H,6-7,9H2,1-5H3,(H,17,19). The van der Waals surface area contributed by atoms with E-state index in [-0.39, 0.29) is 12.3 Å². The third-order valence-electron chi connectivity index (χ3n) is 3.21. The van der Waals surface area contributed by atoms with E-state index in [2.05, 4.69) is 5.32 Å². The van der Waals surface area contributed by atoms with E-state index in [9.17, 15) is 4.79 Å². The summed E-state index contributed by atoms with van der Waals surface area (Å²) in [5.74, 6) is 0.695. The average molecular weight is 299 g/mol. The smallest absolute Gasteiger partial charge is 0.224 e. The van der Waals surface area contributed by atoms with E-state index in [1.54, 1.807) is 7.11 Å². The van der Waals surface area contributed by atoms with Gasteiger partial charge in [0, 0.05) is 23.7 Å². The van der Waals surface area contributed by atoms with Crippen molar-refractivity contribution < 1.29 is 9.53 Å². The molecule has 0 saturated carbocycles. The van der Waals surface area contributed by atoms with Crippen LogP contribution in [0.3, 0.4) is 0 Å². The first-order valence-corrected chi connectivity index (χ1v) is 6.98. The fraction of sp³-hybridized carbons (Fsp3) is 0.533. The Morgan fingerprint density at radius 1 is 1.40 bits per heavy atom. The first-order chi connectivity index (χ1) is 9.36. The van der Waals surface area contributed by atoms with E-state index in [1.807, 2.05) is 38.9 Å². The van der Waals surface area contributed by atoms with Gasteiger partial charge < -0.3 is 15.0 Å². The van der Waals surface area contributed by atoms with Crippen LogP contribution >= 0.6 is 11.6 Å². The number of nitrogens with zero attached hydrogens (tertiary/aromatic N) is 1. The molecule has 4 nitrogen and oxygen atoms in total. The lowest BCUT2D eigenvalue weighted by molar-refractivity contribution is -0.120. The Bertz CT molecular complexity index is 487. The van der Waals surface area contributed by atoms with E-state index in [0.29, 0.717) is 17.3 Å². The van der Waals surface area contributed by atoms with Crippen molar-refractivity contribution in [2.45, 2.75) is 20.3 Å². The summed E-state index contributed by atoms with van der Waals surface area (Å²) in [5, 5.41) is 3.59. The fourth-order valence-electron chi connectivity index (χ4n) is 2.00. The Kier molecular flexibility index (Phi) is 6.30. The monoisotopic (exact) mass is 298 g/mol. The molecule has 5 heteroatoms. The average Bonchev–Trinajstić information content (AvgIpc) is 2.38. The maximum atomic E-state index is 12.0. The molecule has 112 valence electrons. The molecule has 0 spiro atoms. The van der Waals surface area contributed by atoms with Gasteiger partial charge in [-0.2, -0.15) is 0 Å². The third-order valence-corrected chi connectivity index (χ3v) is 3.79. The van der Waals surface area contributed by atoms with Crippen molar-refractivity contribution in [3.8, 4) is 5.75 Å². The van der Waals surface area contributed by atoms with Crippen LogP contribution in [-0.2, 0) is 11.2 Å². The summed E-state index contributed by atoms with van der Waals surface area (Å²) >= 11 is 6.25. The number of hydrogen-bond donors (Lipinski definition) is 1. The molecule has 0 aliphatic rings. The number of aryl methyl sites for hydroxylation is 1. The number of nitrogens with one attached hydrogen (secondary N) is 1. The van der Waals surface area contributed by atoms with Gasteiger partial charge in [-0.3, -0.25) is 4.79 Å². The summed E-state index contributed by atoms with van der Waals surface area (Å²) < 4.78 is 5.36. The van der Waals surface area contributed by atoms with Gasteiger partial charge in [-0.15, -0.1) is 0 Å². The van der Waals surface area contributed by atoms with Gasteiger partial charge in [0.25, 0.3) is 0 Å². The van der Waals surface area contributed by atoms with Crippen LogP contribution in [0.5, 0.6) is 5.75 Å². The Morgan fingerprint density at radius 3 is 2.60 bits per heavy atom. The normalized spacial score (nSPS) is 10.8. The second kappa shape index (κ2) is 7.50. The first-order valence-electron chi connectivity index (χ1n) is 6.60. The van der Waals surface area contributed by atoms with Gasteiger partial charge in [0.2, 0.25) is 5.91 Å². The molecule has 0 unspecified atom stereocenters. The first kappa shape index (κ1) is 16.8. The molecule has 0 radical (unpaired) electrons. The number of ether oxygens (including phenoxy) is 1. The van der Waals surface area contributed by atoms with Crippen molar-refractivity contribution in [3.05, 3.63) is 27.8 Å². The lowest BCUT2D eigenvalue weighted by atomic mass is 10.0. The maximum absolute atomic E-state index is 12.0. The summed E-state index contributed by atoms with van der Waals surface area (Å²) in [5.41, 5.74) is 2.72. The molecule has 1 rings (SSSR count). The molecule has 1 aromatic rings. The molecule has 0 bridgehead atoms. The van der Waals surface area contributed by atoms with Gasteiger partial charge in [0.05, 0.1) is 13.5 Å². The highest BCUT2D eigenvalue weighted by Gasteiger charge is 2.15. The Labute approximate surface area is 126 Å². The minimum atomic E-state index is -0.0202. The summed E-state index contributed by atoms with van der Waals surface area (Å²) in [4.78, 5) is 14.0. The van der Waals surface area contributed by atoms with Gasteiger partial charge >= 0.3 is 0 Å². The molecule has 0 aromatic heterocycles. The van der Waals surface area contributed by atoms with E-state index in [0.717, 1.165) is 23.2 Å². The van der Waals surface area contributed by atoms with Crippen LogP contribution < -0.4 is 10.1 Å². The zero-order valence-corrected chi connectivity index (χ0v) is 13.6. The molecule has 1 aromatic carbocycles. The molecule has 1 N–H and O–H groups in total. The molecule has 0 heterocycles. The van der Waals surface area contributed by atoms with Crippen LogP contribution in [0.2, 0.25) is 5.02 Å². The molecule has 1 amide bonds. The zero-order chi connectivity index (χ0) is 15.3.